The maximum absolute atomic E-state index is 13.3. The Kier molecular flexibility index (Phi) is 6.11. The number of carbonyl (C=O) groups excluding carboxylic acids is 1. The summed E-state index contributed by atoms with van der Waals surface area (Å²) >= 11 is 11.4. The first-order valence-electron chi connectivity index (χ1n) is 8.75. The molecule has 1 aromatic carbocycles. The number of rotatable bonds is 6. The van der Waals surface area contributed by atoms with Crippen molar-refractivity contribution in [3.8, 4) is 17.7 Å². The third-order valence-corrected chi connectivity index (χ3v) is 5.11. The highest BCUT2D eigenvalue weighted by Crippen LogP contribution is 2.60. The molecule has 29 heavy (non-hydrogen) atoms. The minimum atomic E-state index is -1.22. The first-order chi connectivity index (χ1) is 13.7. The Morgan fingerprint density at radius 1 is 1.31 bits per heavy atom. The second-order valence-corrected chi connectivity index (χ2v) is 8.20. The minimum Gasteiger partial charge on any atom is -0.440 e. The molecular weight excluding hydrogens is 418 g/mol. The molecule has 1 saturated carbocycles. The third kappa shape index (κ3) is 4.87. The maximum Gasteiger partial charge on any atom is 0.311 e. The van der Waals surface area contributed by atoms with Crippen LogP contribution in [0.3, 0.4) is 0 Å². The molecule has 1 aromatic heterocycles. The molecule has 2 aromatic rings. The Bertz CT molecular complexity index is 999. The third-order valence-electron chi connectivity index (χ3n) is 4.85. The summed E-state index contributed by atoms with van der Waals surface area (Å²) in [5.41, 5.74) is -0.169. The first-order valence-corrected chi connectivity index (χ1v) is 9.51. The lowest BCUT2D eigenvalue weighted by Gasteiger charge is -2.12. The van der Waals surface area contributed by atoms with Crippen LogP contribution in [0.4, 0.5) is 4.39 Å². The summed E-state index contributed by atoms with van der Waals surface area (Å²) in [7, 11) is 0. The van der Waals surface area contributed by atoms with Crippen molar-refractivity contribution >= 4 is 29.2 Å². The average Bonchev–Trinajstić information content (AvgIpc) is 3.19. The monoisotopic (exact) mass is 434 g/mol. The van der Waals surface area contributed by atoms with Gasteiger partial charge in [0.2, 0.25) is 12.0 Å². The van der Waals surface area contributed by atoms with Gasteiger partial charge in [-0.05, 0) is 35.6 Å². The second-order valence-electron chi connectivity index (χ2n) is 7.19. The Labute approximate surface area is 177 Å². The van der Waals surface area contributed by atoms with E-state index in [1.54, 1.807) is 30.3 Å². The Balaban J connectivity index is 1.73. The first kappa shape index (κ1) is 21.1. The lowest BCUT2D eigenvalue weighted by atomic mass is 10.1. The van der Waals surface area contributed by atoms with Crippen molar-refractivity contribution in [3.05, 3.63) is 64.5 Å². The number of aromatic nitrogens is 1. The number of carbonyl (C=O) groups is 1. The standard InChI is InChI=1S/C21H17Cl2FN2O3/c1-21(2)14(10-17(22)23)19(21)20(27)29-16(11-25)15-7-4-8-18(26-15)28-13-6-3-5-12(24)9-13/h3-10,14,16,19H,1-2H3. The van der Waals surface area contributed by atoms with Gasteiger partial charge in [0.1, 0.15) is 22.1 Å². The van der Waals surface area contributed by atoms with Gasteiger partial charge >= 0.3 is 5.97 Å². The molecule has 5 nitrogen and oxygen atoms in total. The number of nitriles is 1. The zero-order valence-electron chi connectivity index (χ0n) is 15.6. The molecular formula is C21H17Cl2FN2O3. The fourth-order valence-electron chi connectivity index (χ4n) is 3.20. The van der Waals surface area contributed by atoms with Crippen LogP contribution in [0.1, 0.15) is 25.6 Å². The minimum absolute atomic E-state index is 0.0825. The predicted octanol–water partition coefficient (Wildman–Crippen LogP) is 5.71. The van der Waals surface area contributed by atoms with Crippen molar-refractivity contribution in [1.29, 1.82) is 5.26 Å². The zero-order valence-corrected chi connectivity index (χ0v) is 17.1. The molecule has 1 aliphatic rings. The van der Waals surface area contributed by atoms with Crippen molar-refractivity contribution in [3.63, 3.8) is 0 Å². The quantitative estimate of drug-likeness (QED) is 0.544. The van der Waals surface area contributed by atoms with E-state index < -0.39 is 23.8 Å². The number of benzene rings is 1. The van der Waals surface area contributed by atoms with Crippen LogP contribution in [0.2, 0.25) is 0 Å². The van der Waals surface area contributed by atoms with Crippen molar-refractivity contribution in [2.24, 2.45) is 17.3 Å². The average molecular weight is 435 g/mol. The van der Waals surface area contributed by atoms with Gasteiger partial charge in [0.05, 0.1) is 11.6 Å². The predicted molar refractivity (Wildman–Crippen MR) is 106 cm³/mol. The van der Waals surface area contributed by atoms with Gasteiger partial charge in [0.25, 0.3) is 0 Å². The highest BCUT2D eigenvalue weighted by atomic mass is 35.5. The van der Waals surface area contributed by atoms with Crippen LogP contribution >= 0.6 is 23.2 Å². The molecule has 1 fully saturated rings. The van der Waals surface area contributed by atoms with Crippen molar-refractivity contribution < 1.29 is 18.7 Å². The Morgan fingerprint density at radius 3 is 2.69 bits per heavy atom. The molecule has 0 bridgehead atoms. The molecule has 0 amide bonds. The van der Waals surface area contributed by atoms with E-state index in [4.69, 9.17) is 32.7 Å². The van der Waals surface area contributed by atoms with Crippen LogP contribution in [0.25, 0.3) is 0 Å². The number of hydrogen-bond acceptors (Lipinski definition) is 5. The molecule has 0 aliphatic heterocycles. The van der Waals surface area contributed by atoms with Gasteiger partial charge in [-0.1, -0.05) is 49.2 Å². The molecule has 0 radical (unpaired) electrons. The number of allylic oxidation sites excluding steroid dienone is 1. The van der Waals surface area contributed by atoms with Gasteiger partial charge in [0.15, 0.2) is 0 Å². The SMILES string of the molecule is CC1(C)C(C=C(Cl)Cl)C1C(=O)OC(C#N)c1cccc(Oc2cccc(F)c2)n1. The van der Waals surface area contributed by atoms with E-state index in [1.807, 2.05) is 19.9 Å². The topological polar surface area (TPSA) is 72.2 Å². The molecule has 8 heteroatoms. The van der Waals surface area contributed by atoms with E-state index in [9.17, 15) is 14.4 Å². The molecule has 3 atom stereocenters. The molecule has 0 spiro atoms. The van der Waals surface area contributed by atoms with Crippen LogP contribution in [0, 0.1) is 34.4 Å². The molecule has 0 N–H and O–H groups in total. The lowest BCUT2D eigenvalue weighted by Crippen LogP contribution is -2.15. The van der Waals surface area contributed by atoms with E-state index >= 15 is 0 Å². The van der Waals surface area contributed by atoms with Gasteiger partial charge < -0.3 is 9.47 Å². The smallest absolute Gasteiger partial charge is 0.311 e. The van der Waals surface area contributed by atoms with Gasteiger partial charge in [-0.25, -0.2) is 9.37 Å². The fourth-order valence-corrected chi connectivity index (χ4v) is 3.47. The van der Waals surface area contributed by atoms with Crippen LogP contribution in [-0.2, 0) is 9.53 Å². The highest BCUT2D eigenvalue weighted by Gasteiger charge is 2.62. The van der Waals surface area contributed by atoms with E-state index in [1.165, 1.54) is 18.2 Å². The van der Waals surface area contributed by atoms with E-state index in [-0.39, 0.29) is 33.1 Å². The number of nitrogens with zero attached hydrogens (tertiary/aromatic N) is 2. The summed E-state index contributed by atoms with van der Waals surface area (Å²) in [6.45, 7) is 3.79. The van der Waals surface area contributed by atoms with Crippen LogP contribution in [0.15, 0.2) is 53.0 Å². The highest BCUT2D eigenvalue weighted by molar-refractivity contribution is 6.55. The van der Waals surface area contributed by atoms with Gasteiger partial charge in [-0.2, -0.15) is 5.26 Å². The van der Waals surface area contributed by atoms with Crippen LogP contribution in [-0.4, -0.2) is 11.0 Å². The summed E-state index contributed by atoms with van der Waals surface area (Å²) in [4.78, 5) is 16.8. The lowest BCUT2D eigenvalue weighted by molar-refractivity contribution is -0.149. The van der Waals surface area contributed by atoms with Crippen molar-refractivity contribution in [2.45, 2.75) is 20.0 Å². The van der Waals surface area contributed by atoms with Gasteiger partial charge in [-0.15, -0.1) is 0 Å². The normalized spacial score (nSPS) is 20.1. The fraction of sp³-hybridized carbons (Fsp3) is 0.286. The van der Waals surface area contributed by atoms with E-state index in [0.717, 1.165) is 0 Å². The van der Waals surface area contributed by atoms with Crippen LogP contribution in [0.5, 0.6) is 11.6 Å². The number of ether oxygens (including phenoxy) is 2. The zero-order chi connectivity index (χ0) is 21.2. The van der Waals surface area contributed by atoms with Crippen molar-refractivity contribution in [1.82, 2.24) is 4.98 Å². The summed E-state index contributed by atoms with van der Waals surface area (Å²) in [5.74, 6) is -1.21. The molecule has 150 valence electrons. The summed E-state index contributed by atoms with van der Waals surface area (Å²) < 4.78 is 24.3. The Hall–Kier alpha value is -2.62. The molecule has 0 saturated heterocycles. The van der Waals surface area contributed by atoms with Gasteiger partial charge in [0, 0.05) is 12.1 Å². The Morgan fingerprint density at radius 2 is 2.03 bits per heavy atom. The largest absolute Gasteiger partial charge is 0.440 e. The van der Waals surface area contributed by atoms with Gasteiger partial charge in [-0.3, -0.25) is 4.79 Å². The summed E-state index contributed by atoms with van der Waals surface area (Å²) in [5, 5.41) is 9.48. The number of esters is 1. The van der Waals surface area contributed by atoms with E-state index in [0.29, 0.717) is 0 Å². The molecule has 1 aliphatic carbocycles. The molecule has 3 unspecified atom stereocenters. The maximum atomic E-state index is 13.3. The second kappa shape index (κ2) is 8.40. The number of pyridine rings is 1. The number of hydrogen-bond donors (Lipinski definition) is 0. The van der Waals surface area contributed by atoms with Crippen LogP contribution < -0.4 is 4.74 Å². The number of halogens is 3. The summed E-state index contributed by atoms with van der Waals surface area (Å²) in [6, 6.07) is 12.2. The van der Waals surface area contributed by atoms with E-state index in [2.05, 4.69) is 4.98 Å². The molecule has 1 heterocycles. The van der Waals surface area contributed by atoms with Crippen molar-refractivity contribution in [2.75, 3.05) is 0 Å². The summed E-state index contributed by atoms with van der Waals surface area (Å²) in [6.07, 6.45) is 0.383. The molecule has 3 rings (SSSR count).